The highest BCUT2D eigenvalue weighted by Gasteiger charge is 2.27. The summed E-state index contributed by atoms with van der Waals surface area (Å²) in [6, 6.07) is 1.57. The van der Waals surface area contributed by atoms with Crippen molar-refractivity contribution in [3.8, 4) is 0 Å². The zero-order valence-electron chi connectivity index (χ0n) is 13.2. The van der Waals surface area contributed by atoms with Crippen LogP contribution in [-0.2, 0) is 11.3 Å². The molecule has 0 bridgehead atoms. The molecule has 5 nitrogen and oxygen atoms in total. The lowest BCUT2D eigenvalue weighted by Crippen LogP contribution is -2.25. The lowest BCUT2D eigenvalue weighted by molar-refractivity contribution is 0.0285. The standard InChI is InChI=1S/C16H27N3O2/c1-3-9-17-11-13-10-14(20)19-16(18-13)15(21-2)12-7-5-4-6-8-12/h10,12,15,17H,3-9,11H2,1-2H3,(H,18,19,20). The summed E-state index contributed by atoms with van der Waals surface area (Å²) in [5.74, 6) is 1.15. The van der Waals surface area contributed by atoms with E-state index in [1.165, 1.54) is 19.3 Å². The van der Waals surface area contributed by atoms with Gasteiger partial charge >= 0.3 is 0 Å². The van der Waals surface area contributed by atoms with Gasteiger partial charge in [-0.05, 0) is 31.7 Å². The van der Waals surface area contributed by atoms with Crippen LogP contribution in [0.3, 0.4) is 0 Å². The molecule has 1 heterocycles. The highest BCUT2D eigenvalue weighted by atomic mass is 16.5. The third-order valence-corrected chi connectivity index (χ3v) is 4.15. The summed E-state index contributed by atoms with van der Waals surface area (Å²) >= 11 is 0. The third-order valence-electron chi connectivity index (χ3n) is 4.15. The molecule has 0 saturated heterocycles. The maximum Gasteiger partial charge on any atom is 0.251 e. The Morgan fingerprint density at radius 2 is 2.19 bits per heavy atom. The first-order chi connectivity index (χ1) is 10.2. The smallest absolute Gasteiger partial charge is 0.251 e. The lowest BCUT2D eigenvalue weighted by atomic mass is 9.85. The lowest BCUT2D eigenvalue weighted by Gasteiger charge is -2.28. The molecule has 1 unspecified atom stereocenters. The third kappa shape index (κ3) is 4.64. The maximum absolute atomic E-state index is 11.9. The van der Waals surface area contributed by atoms with Gasteiger partial charge in [0.1, 0.15) is 11.9 Å². The molecule has 21 heavy (non-hydrogen) atoms. The average molecular weight is 293 g/mol. The number of aromatic nitrogens is 2. The molecule has 1 aromatic rings. The van der Waals surface area contributed by atoms with Crippen molar-refractivity contribution in [2.45, 2.75) is 58.1 Å². The summed E-state index contributed by atoms with van der Waals surface area (Å²) in [7, 11) is 1.71. The van der Waals surface area contributed by atoms with Gasteiger partial charge in [-0.3, -0.25) is 4.79 Å². The zero-order valence-corrected chi connectivity index (χ0v) is 13.2. The first-order valence-electron chi connectivity index (χ1n) is 8.08. The van der Waals surface area contributed by atoms with Gasteiger partial charge in [0.15, 0.2) is 0 Å². The molecule has 1 saturated carbocycles. The molecule has 1 aliphatic rings. The first-order valence-corrected chi connectivity index (χ1v) is 8.08. The van der Waals surface area contributed by atoms with E-state index in [1.54, 1.807) is 13.2 Å². The predicted molar refractivity (Wildman–Crippen MR) is 83.2 cm³/mol. The van der Waals surface area contributed by atoms with Crippen LogP contribution in [0.4, 0.5) is 0 Å². The van der Waals surface area contributed by atoms with E-state index in [0.717, 1.165) is 31.5 Å². The Labute approximate surface area is 126 Å². The van der Waals surface area contributed by atoms with E-state index in [-0.39, 0.29) is 11.7 Å². The SMILES string of the molecule is CCCNCc1cc(=O)[nH]c(C(OC)C2CCCCC2)n1. The summed E-state index contributed by atoms with van der Waals surface area (Å²) in [5.41, 5.74) is 0.700. The number of rotatable bonds is 7. The molecule has 0 aromatic carbocycles. The van der Waals surface area contributed by atoms with E-state index in [4.69, 9.17) is 4.74 Å². The van der Waals surface area contributed by atoms with Gasteiger partial charge in [-0.2, -0.15) is 0 Å². The molecule has 1 aliphatic carbocycles. The van der Waals surface area contributed by atoms with Crippen molar-refractivity contribution >= 4 is 0 Å². The number of hydrogen-bond acceptors (Lipinski definition) is 4. The summed E-state index contributed by atoms with van der Waals surface area (Å²) in [4.78, 5) is 19.3. The molecule has 1 atom stereocenters. The molecule has 5 heteroatoms. The topological polar surface area (TPSA) is 67.0 Å². The van der Waals surface area contributed by atoms with Gasteiger partial charge in [-0.1, -0.05) is 26.2 Å². The van der Waals surface area contributed by atoms with Crippen molar-refractivity contribution in [2.75, 3.05) is 13.7 Å². The molecule has 0 amide bonds. The second kappa shape index (κ2) is 8.29. The molecule has 0 aliphatic heterocycles. The van der Waals surface area contributed by atoms with Crippen molar-refractivity contribution in [1.82, 2.24) is 15.3 Å². The number of nitrogens with zero attached hydrogens (tertiary/aromatic N) is 1. The van der Waals surface area contributed by atoms with E-state index in [9.17, 15) is 4.79 Å². The van der Waals surface area contributed by atoms with Gasteiger partial charge in [0, 0.05) is 19.7 Å². The number of nitrogens with one attached hydrogen (secondary N) is 2. The zero-order chi connectivity index (χ0) is 15.1. The van der Waals surface area contributed by atoms with E-state index in [2.05, 4.69) is 22.2 Å². The fourth-order valence-electron chi connectivity index (χ4n) is 3.11. The number of hydrogen-bond donors (Lipinski definition) is 2. The van der Waals surface area contributed by atoms with Crippen LogP contribution < -0.4 is 10.9 Å². The van der Waals surface area contributed by atoms with Crippen LogP contribution in [0.25, 0.3) is 0 Å². The fraction of sp³-hybridized carbons (Fsp3) is 0.750. The van der Waals surface area contributed by atoms with Crippen molar-refractivity contribution in [3.05, 3.63) is 27.9 Å². The van der Waals surface area contributed by atoms with E-state index >= 15 is 0 Å². The number of H-pyrrole nitrogens is 1. The molecule has 2 N–H and O–H groups in total. The van der Waals surface area contributed by atoms with Gasteiger partial charge in [0.25, 0.3) is 5.56 Å². The van der Waals surface area contributed by atoms with Gasteiger partial charge in [-0.25, -0.2) is 4.98 Å². The number of ether oxygens (including phenoxy) is 1. The van der Waals surface area contributed by atoms with E-state index < -0.39 is 0 Å². The highest BCUT2D eigenvalue weighted by Crippen LogP contribution is 2.34. The molecule has 1 fully saturated rings. The van der Waals surface area contributed by atoms with Crippen LogP contribution in [0.5, 0.6) is 0 Å². The summed E-state index contributed by atoms with van der Waals surface area (Å²) in [6.07, 6.45) is 7.07. The van der Waals surface area contributed by atoms with E-state index in [1.807, 2.05) is 0 Å². The number of methoxy groups -OCH3 is 1. The van der Waals surface area contributed by atoms with Crippen molar-refractivity contribution in [3.63, 3.8) is 0 Å². The minimum absolute atomic E-state index is 0.0915. The first kappa shape index (κ1) is 16.2. The quantitative estimate of drug-likeness (QED) is 0.758. The molecular weight excluding hydrogens is 266 g/mol. The predicted octanol–water partition coefficient (Wildman–Crippen LogP) is 2.54. The number of aromatic amines is 1. The Hall–Kier alpha value is -1.20. The molecule has 0 radical (unpaired) electrons. The Balaban J connectivity index is 2.13. The molecule has 118 valence electrons. The Kier molecular flexibility index (Phi) is 6.39. The molecule has 2 rings (SSSR count). The largest absolute Gasteiger partial charge is 0.373 e. The molecule has 0 spiro atoms. The van der Waals surface area contributed by atoms with Gasteiger partial charge in [0.05, 0.1) is 5.69 Å². The van der Waals surface area contributed by atoms with Gasteiger partial charge in [0.2, 0.25) is 0 Å². The maximum atomic E-state index is 11.9. The average Bonchev–Trinajstić information content (AvgIpc) is 2.49. The summed E-state index contributed by atoms with van der Waals surface area (Å²) in [5, 5.41) is 3.29. The van der Waals surface area contributed by atoms with Crippen molar-refractivity contribution < 1.29 is 4.74 Å². The van der Waals surface area contributed by atoms with Gasteiger partial charge in [-0.15, -0.1) is 0 Å². The van der Waals surface area contributed by atoms with Crippen LogP contribution in [0.2, 0.25) is 0 Å². The van der Waals surface area contributed by atoms with Crippen molar-refractivity contribution in [1.29, 1.82) is 0 Å². The van der Waals surface area contributed by atoms with Crippen LogP contribution >= 0.6 is 0 Å². The minimum atomic E-state index is -0.0934. The van der Waals surface area contributed by atoms with E-state index in [0.29, 0.717) is 18.3 Å². The van der Waals surface area contributed by atoms with Crippen LogP contribution in [0, 0.1) is 5.92 Å². The Morgan fingerprint density at radius 3 is 2.86 bits per heavy atom. The molecular formula is C16H27N3O2. The van der Waals surface area contributed by atoms with Crippen LogP contribution in [0.1, 0.15) is 63.1 Å². The van der Waals surface area contributed by atoms with Crippen LogP contribution in [-0.4, -0.2) is 23.6 Å². The summed E-state index contributed by atoms with van der Waals surface area (Å²) < 4.78 is 5.66. The summed E-state index contributed by atoms with van der Waals surface area (Å²) in [6.45, 7) is 3.68. The van der Waals surface area contributed by atoms with Crippen molar-refractivity contribution in [2.24, 2.45) is 5.92 Å². The second-order valence-electron chi connectivity index (χ2n) is 5.85. The Bertz CT molecular complexity index is 481. The fourth-order valence-corrected chi connectivity index (χ4v) is 3.11. The van der Waals surface area contributed by atoms with Crippen LogP contribution in [0.15, 0.2) is 10.9 Å². The normalized spacial score (nSPS) is 17.8. The monoisotopic (exact) mass is 293 g/mol. The molecule has 1 aromatic heterocycles. The minimum Gasteiger partial charge on any atom is -0.373 e. The van der Waals surface area contributed by atoms with Gasteiger partial charge < -0.3 is 15.0 Å². The Morgan fingerprint density at radius 1 is 1.43 bits per heavy atom. The highest BCUT2D eigenvalue weighted by molar-refractivity contribution is 5.05. The second-order valence-corrected chi connectivity index (χ2v) is 5.85.